The van der Waals surface area contributed by atoms with Crippen molar-refractivity contribution in [3.63, 3.8) is 0 Å². The fraction of sp³-hybridized carbons (Fsp3) is 0.500. The van der Waals surface area contributed by atoms with Crippen LogP contribution in [-0.2, 0) is 19.9 Å². The van der Waals surface area contributed by atoms with Gasteiger partial charge in [-0.25, -0.2) is 22.0 Å². The number of carbonyl (C=O) groups is 1. The van der Waals surface area contributed by atoms with Crippen molar-refractivity contribution in [2.24, 2.45) is 5.14 Å². The van der Waals surface area contributed by atoms with Gasteiger partial charge in [0, 0.05) is 12.6 Å². The number of halogens is 1. The van der Waals surface area contributed by atoms with E-state index >= 15 is 0 Å². The molecule has 0 saturated carbocycles. The largest absolute Gasteiger partial charge is 0.443 e. The van der Waals surface area contributed by atoms with Crippen LogP contribution in [0.3, 0.4) is 0 Å². The molecule has 2 heterocycles. The van der Waals surface area contributed by atoms with E-state index in [4.69, 9.17) is 9.56 Å². The van der Waals surface area contributed by atoms with Crippen LogP contribution in [0, 0.1) is 0 Å². The lowest BCUT2D eigenvalue weighted by Gasteiger charge is -2.09. The summed E-state index contributed by atoms with van der Waals surface area (Å²) in [7, 11) is -7.17. The van der Waals surface area contributed by atoms with E-state index in [-0.39, 0.29) is 27.6 Å². The van der Waals surface area contributed by atoms with E-state index in [0.717, 1.165) is 6.07 Å². The molecule has 1 saturated heterocycles. The van der Waals surface area contributed by atoms with Crippen LogP contribution in [0.25, 0.3) is 0 Å². The maximum absolute atomic E-state index is 11.8. The summed E-state index contributed by atoms with van der Waals surface area (Å²) in [5.41, 5.74) is 0. The van der Waals surface area contributed by atoms with Crippen LogP contribution >= 0.6 is 15.9 Å². The Kier molecular flexibility index (Phi) is 4.47. The Morgan fingerprint density at radius 2 is 2.19 bits per heavy atom. The lowest BCUT2D eigenvalue weighted by atomic mass is 10.2. The second-order valence-electron chi connectivity index (χ2n) is 4.63. The molecule has 0 aromatic carbocycles. The van der Waals surface area contributed by atoms with Crippen LogP contribution < -0.4 is 10.5 Å². The number of furan rings is 1. The predicted octanol–water partition coefficient (Wildman–Crippen LogP) is -0.00350. The number of sulfone groups is 1. The molecule has 1 aliphatic heterocycles. The number of hydrogen-bond donors (Lipinski definition) is 2. The minimum Gasteiger partial charge on any atom is -0.443 e. The Labute approximate surface area is 130 Å². The SMILES string of the molecule is NS(=O)(=O)c1cc(C(=O)NCC2CCCS2(=O)=O)oc1Br. The topological polar surface area (TPSA) is 137 Å². The zero-order chi connectivity index (χ0) is 15.8. The van der Waals surface area contributed by atoms with Crippen LogP contribution in [0.1, 0.15) is 23.4 Å². The van der Waals surface area contributed by atoms with Gasteiger partial charge >= 0.3 is 0 Å². The third-order valence-corrected chi connectivity index (χ3v) is 7.18. The maximum atomic E-state index is 11.8. The van der Waals surface area contributed by atoms with Gasteiger partial charge in [-0.1, -0.05) is 0 Å². The van der Waals surface area contributed by atoms with Crippen molar-refractivity contribution in [2.45, 2.75) is 23.0 Å². The second kappa shape index (κ2) is 5.71. The summed E-state index contributed by atoms with van der Waals surface area (Å²) in [6, 6.07) is 0.984. The smallest absolute Gasteiger partial charge is 0.287 e. The van der Waals surface area contributed by atoms with Crippen molar-refractivity contribution in [1.82, 2.24) is 5.32 Å². The molecule has 1 amide bonds. The molecule has 8 nitrogen and oxygen atoms in total. The van der Waals surface area contributed by atoms with Crippen LogP contribution in [0.5, 0.6) is 0 Å². The third-order valence-electron chi connectivity index (χ3n) is 3.14. The molecule has 11 heteroatoms. The molecule has 1 fully saturated rings. The van der Waals surface area contributed by atoms with Crippen LogP contribution in [0.2, 0.25) is 0 Å². The van der Waals surface area contributed by atoms with E-state index in [0.29, 0.717) is 12.8 Å². The minimum atomic E-state index is -4.01. The van der Waals surface area contributed by atoms with Crippen molar-refractivity contribution in [1.29, 1.82) is 0 Å². The highest BCUT2D eigenvalue weighted by Gasteiger charge is 2.32. The van der Waals surface area contributed by atoms with E-state index in [1.807, 2.05) is 0 Å². The highest BCUT2D eigenvalue weighted by molar-refractivity contribution is 9.10. The summed E-state index contributed by atoms with van der Waals surface area (Å²) in [6.07, 6.45) is 1.07. The van der Waals surface area contributed by atoms with Crippen molar-refractivity contribution < 1.29 is 26.0 Å². The maximum Gasteiger partial charge on any atom is 0.287 e. The van der Waals surface area contributed by atoms with Gasteiger partial charge in [0.15, 0.2) is 20.3 Å². The average Bonchev–Trinajstić information content (AvgIpc) is 2.88. The minimum absolute atomic E-state index is 0.0375. The first-order valence-corrected chi connectivity index (χ1v) is 9.98. The Morgan fingerprint density at radius 1 is 1.52 bits per heavy atom. The van der Waals surface area contributed by atoms with Gasteiger partial charge in [0.2, 0.25) is 10.0 Å². The molecule has 1 unspecified atom stereocenters. The van der Waals surface area contributed by atoms with Gasteiger partial charge in [0.25, 0.3) is 5.91 Å². The number of sulfonamides is 1. The number of rotatable bonds is 4. The van der Waals surface area contributed by atoms with Crippen molar-refractivity contribution >= 4 is 41.7 Å². The quantitative estimate of drug-likeness (QED) is 0.729. The number of carbonyl (C=O) groups excluding carboxylic acids is 1. The number of nitrogens with two attached hydrogens (primary N) is 1. The van der Waals surface area contributed by atoms with Gasteiger partial charge in [0.05, 0.1) is 11.0 Å². The molecule has 0 spiro atoms. The molecular weight excluding hydrogens is 388 g/mol. The van der Waals surface area contributed by atoms with Gasteiger partial charge in [0.1, 0.15) is 4.90 Å². The van der Waals surface area contributed by atoms with Gasteiger partial charge in [-0.15, -0.1) is 0 Å². The first-order valence-electron chi connectivity index (χ1n) is 5.93. The van der Waals surface area contributed by atoms with Gasteiger partial charge < -0.3 is 9.73 Å². The fourth-order valence-electron chi connectivity index (χ4n) is 2.04. The molecule has 2 rings (SSSR count). The molecule has 21 heavy (non-hydrogen) atoms. The lowest BCUT2D eigenvalue weighted by Crippen LogP contribution is -2.34. The summed E-state index contributed by atoms with van der Waals surface area (Å²) in [6.45, 7) is -0.0375. The molecule has 1 aromatic rings. The zero-order valence-electron chi connectivity index (χ0n) is 10.7. The number of amides is 1. The van der Waals surface area contributed by atoms with Gasteiger partial charge in [-0.2, -0.15) is 0 Å². The van der Waals surface area contributed by atoms with Crippen molar-refractivity contribution in [2.75, 3.05) is 12.3 Å². The van der Waals surface area contributed by atoms with Crippen LogP contribution in [-0.4, -0.2) is 40.3 Å². The molecule has 0 aliphatic carbocycles. The second-order valence-corrected chi connectivity index (χ2v) is 9.29. The standard InChI is InChI=1S/C10H13BrN2O6S2/c11-9-8(21(12,17)18)4-7(19-9)10(14)13-5-6-2-1-3-20(6,15)16/h4,6H,1-3,5H2,(H,13,14)(H2,12,17,18). The zero-order valence-corrected chi connectivity index (χ0v) is 13.9. The van der Waals surface area contributed by atoms with Gasteiger partial charge in [-0.3, -0.25) is 4.79 Å². The summed E-state index contributed by atoms with van der Waals surface area (Å²) >= 11 is 2.85. The van der Waals surface area contributed by atoms with Gasteiger partial charge in [-0.05, 0) is 28.8 Å². The van der Waals surface area contributed by atoms with E-state index in [1.165, 1.54) is 0 Å². The normalized spacial score (nSPS) is 21.3. The number of hydrogen-bond acceptors (Lipinski definition) is 6. The summed E-state index contributed by atoms with van der Waals surface area (Å²) in [4.78, 5) is 11.5. The number of nitrogens with one attached hydrogen (secondary N) is 1. The monoisotopic (exact) mass is 400 g/mol. The highest BCUT2D eigenvalue weighted by Crippen LogP contribution is 2.25. The predicted molar refractivity (Wildman–Crippen MR) is 76.9 cm³/mol. The van der Waals surface area contributed by atoms with E-state index in [1.54, 1.807) is 0 Å². The highest BCUT2D eigenvalue weighted by atomic mass is 79.9. The Morgan fingerprint density at radius 3 is 2.67 bits per heavy atom. The third kappa shape index (κ3) is 3.65. The lowest BCUT2D eigenvalue weighted by molar-refractivity contribution is 0.0924. The van der Waals surface area contributed by atoms with Crippen molar-refractivity contribution in [3.05, 3.63) is 16.5 Å². The summed E-state index contributed by atoms with van der Waals surface area (Å²) in [5, 5.41) is 6.76. The molecule has 0 radical (unpaired) electrons. The average molecular weight is 401 g/mol. The first kappa shape index (κ1) is 16.5. The Hall–Kier alpha value is -0.910. The summed E-state index contributed by atoms with van der Waals surface area (Å²) < 4.78 is 50.5. The van der Waals surface area contributed by atoms with E-state index < -0.39 is 31.0 Å². The molecule has 0 bridgehead atoms. The molecule has 1 atom stereocenters. The van der Waals surface area contributed by atoms with E-state index in [2.05, 4.69) is 21.2 Å². The van der Waals surface area contributed by atoms with Crippen LogP contribution in [0.15, 0.2) is 20.0 Å². The van der Waals surface area contributed by atoms with Crippen molar-refractivity contribution in [3.8, 4) is 0 Å². The first-order chi connectivity index (χ1) is 9.61. The molecule has 3 N–H and O–H groups in total. The fourth-order valence-corrected chi connectivity index (χ4v) is 5.31. The molecule has 118 valence electrons. The molecule has 1 aliphatic rings. The molecular formula is C10H13BrN2O6S2. The Balaban J connectivity index is 2.08. The summed E-state index contributed by atoms with van der Waals surface area (Å²) in [5.74, 6) is -0.843. The van der Waals surface area contributed by atoms with Crippen LogP contribution in [0.4, 0.5) is 0 Å². The number of primary sulfonamides is 1. The Bertz CT molecular complexity index is 767. The van der Waals surface area contributed by atoms with E-state index in [9.17, 15) is 21.6 Å². The molecule has 1 aromatic heterocycles.